The molecule has 0 aromatic heterocycles. The standard InChI is InChI=1S/C22H30ClN3O3S/c23-19-3-1-2-4-20(19)30(28,29)26-6-5-15(14-26)13-24-21(27)25-22-10-16-7-17(11-22)9-18(8-16)12-22/h1-4,15-18H,5-14H2,(H2,24,25,27). The number of amides is 2. The van der Waals surface area contributed by atoms with Crippen LogP contribution in [0.4, 0.5) is 4.79 Å². The topological polar surface area (TPSA) is 78.5 Å². The minimum Gasteiger partial charge on any atom is -0.338 e. The summed E-state index contributed by atoms with van der Waals surface area (Å²) < 4.78 is 27.3. The maximum Gasteiger partial charge on any atom is 0.315 e. The summed E-state index contributed by atoms with van der Waals surface area (Å²) in [6.07, 6.45) is 8.15. The number of carbonyl (C=O) groups excluding carboxylic acids is 1. The second kappa shape index (κ2) is 7.68. The largest absolute Gasteiger partial charge is 0.338 e. The number of hydrogen-bond donors (Lipinski definition) is 2. The molecular formula is C22H30ClN3O3S. The third kappa shape index (κ3) is 3.84. The summed E-state index contributed by atoms with van der Waals surface area (Å²) in [5.41, 5.74) is -0.00601. The van der Waals surface area contributed by atoms with Crippen LogP contribution in [-0.2, 0) is 10.0 Å². The van der Waals surface area contributed by atoms with Gasteiger partial charge in [-0.25, -0.2) is 13.2 Å². The molecule has 0 spiro atoms. The summed E-state index contributed by atoms with van der Waals surface area (Å²) in [5, 5.41) is 6.59. The molecule has 1 atom stereocenters. The molecule has 5 aliphatic rings. The molecule has 4 saturated carbocycles. The second-order valence-electron chi connectivity index (χ2n) is 9.98. The SMILES string of the molecule is O=C(NCC1CCN(S(=O)(=O)c2ccccc2Cl)C1)NC12CC3CC(CC(C3)C1)C2. The number of nitrogens with zero attached hydrogens (tertiary/aromatic N) is 1. The third-order valence-electron chi connectivity index (χ3n) is 7.67. The highest BCUT2D eigenvalue weighted by atomic mass is 35.5. The van der Waals surface area contributed by atoms with Gasteiger partial charge in [-0.1, -0.05) is 23.7 Å². The Kier molecular flexibility index (Phi) is 5.27. The van der Waals surface area contributed by atoms with Gasteiger partial charge in [-0.2, -0.15) is 4.31 Å². The van der Waals surface area contributed by atoms with Crippen molar-refractivity contribution in [3.8, 4) is 0 Å². The van der Waals surface area contributed by atoms with Gasteiger partial charge in [0.1, 0.15) is 4.90 Å². The van der Waals surface area contributed by atoms with Gasteiger partial charge < -0.3 is 10.6 Å². The zero-order valence-electron chi connectivity index (χ0n) is 17.1. The van der Waals surface area contributed by atoms with Gasteiger partial charge in [0.05, 0.1) is 5.02 Å². The Morgan fingerprint density at radius 1 is 1.10 bits per heavy atom. The molecule has 1 aromatic carbocycles. The van der Waals surface area contributed by atoms with E-state index in [2.05, 4.69) is 10.6 Å². The molecular weight excluding hydrogens is 422 g/mol. The van der Waals surface area contributed by atoms with Crippen LogP contribution in [0.1, 0.15) is 44.9 Å². The molecule has 1 saturated heterocycles. The number of nitrogens with one attached hydrogen (secondary N) is 2. The average Bonchev–Trinajstić information content (AvgIpc) is 3.15. The fourth-order valence-corrected chi connectivity index (χ4v) is 8.79. The molecule has 164 valence electrons. The molecule has 1 unspecified atom stereocenters. The van der Waals surface area contributed by atoms with E-state index in [9.17, 15) is 13.2 Å². The lowest BCUT2D eigenvalue weighted by atomic mass is 9.53. The van der Waals surface area contributed by atoms with Crippen LogP contribution >= 0.6 is 11.6 Å². The lowest BCUT2D eigenvalue weighted by Gasteiger charge is -2.56. The van der Waals surface area contributed by atoms with Crippen molar-refractivity contribution in [1.82, 2.24) is 14.9 Å². The van der Waals surface area contributed by atoms with E-state index in [1.54, 1.807) is 24.3 Å². The number of hydrogen-bond acceptors (Lipinski definition) is 3. The molecule has 1 aromatic rings. The van der Waals surface area contributed by atoms with Gasteiger partial charge >= 0.3 is 6.03 Å². The van der Waals surface area contributed by atoms with E-state index in [1.165, 1.54) is 23.6 Å². The number of carbonyl (C=O) groups is 1. The van der Waals surface area contributed by atoms with Crippen LogP contribution in [0.3, 0.4) is 0 Å². The van der Waals surface area contributed by atoms with Crippen molar-refractivity contribution >= 4 is 27.7 Å². The quantitative estimate of drug-likeness (QED) is 0.717. The highest BCUT2D eigenvalue weighted by Crippen LogP contribution is 2.55. The molecule has 8 heteroatoms. The van der Waals surface area contributed by atoms with Gasteiger partial charge in [0.25, 0.3) is 0 Å². The van der Waals surface area contributed by atoms with E-state index >= 15 is 0 Å². The lowest BCUT2D eigenvalue weighted by Crippen LogP contribution is -2.61. The van der Waals surface area contributed by atoms with E-state index in [4.69, 9.17) is 11.6 Å². The molecule has 4 aliphatic carbocycles. The predicted octanol–water partition coefficient (Wildman–Crippen LogP) is 3.62. The summed E-state index contributed by atoms with van der Waals surface area (Å²) in [7, 11) is -3.60. The molecule has 4 bridgehead atoms. The fourth-order valence-electron chi connectivity index (χ4n) is 6.76. The van der Waals surface area contributed by atoms with Crippen LogP contribution in [0.5, 0.6) is 0 Å². The zero-order valence-corrected chi connectivity index (χ0v) is 18.7. The number of rotatable bonds is 5. The van der Waals surface area contributed by atoms with Crippen molar-refractivity contribution in [3.63, 3.8) is 0 Å². The summed E-state index contributed by atoms with van der Waals surface area (Å²) in [6.45, 7) is 1.36. The zero-order chi connectivity index (χ0) is 20.9. The molecule has 6 rings (SSSR count). The molecule has 2 N–H and O–H groups in total. The number of sulfonamides is 1. The summed E-state index contributed by atoms with van der Waals surface area (Å²) in [5.74, 6) is 2.48. The Morgan fingerprint density at radius 3 is 2.37 bits per heavy atom. The van der Waals surface area contributed by atoms with Crippen LogP contribution in [0.15, 0.2) is 29.2 Å². The van der Waals surface area contributed by atoms with E-state index in [-0.39, 0.29) is 27.4 Å². The molecule has 0 radical (unpaired) electrons. The normalized spacial score (nSPS) is 35.5. The van der Waals surface area contributed by atoms with E-state index in [0.29, 0.717) is 19.6 Å². The van der Waals surface area contributed by atoms with Crippen molar-refractivity contribution in [3.05, 3.63) is 29.3 Å². The van der Waals surface area contributed by atoms with Crippen molar-refractivity contribution in [2.75, 3.05) is 19.6 Å². The lowest BCUT2D eigenvalue weighted by molar-refractivity contribution is -0.0135. The fraction of sp³-hybridized carbons (Fsp3) is 0.682. The van der Waals surface area contributed by atoms with E-state index < -0.39 is 10.0 Å². The van der Waals surface area contributed by atoms with Crippen molar-refractivity contribution < 1.29 is 13.2 Å². The Bertz CT molecular complexity index is 900. The van der Waals surface area contributed by atoms with Crippen LogP contribution < -0.4 is 10.6 Å². The second-order valence-corrected chi connectivity index (χ2v) is 12.3. The van der Waals surface area contributed by atoms with Crippen LogP contribution in [-0.4, -0.2) is 43.9 Å². The third-order valence-corrected chi connectivity index (χ3v) is 10.0. The van der Waals surface area contributed by atoms with Crippen LogP contribution in [0.25, 0.3) is 0 Å². The number of halogens is 1. The number of benzene rings is 1. The van der Waals surface area contributed by atoms with Crippen molar-refractivity contribution in [1.29, 1.82) is 0 Å². The van der Waals surface area contributed by atoms with Crippen molar-refractivity contribution in [2.45, 2.75) is 55.4 Å². The van der Waals surface area contributed by atoms with Gasteiger partial charge in [-0.15, -0.1) is 0 Å². The molecule has 2 amide bonds. The van der Waals surface area contributed by atoms with Gasteiger partial charge in [-0.05, 0) is 80.8 Å². The van der Waals surface area contributed by atoms with E-state index in [1.807, 2.05) is 0 Å². The minimum absolute atomic E-state index is 0.00601. The minimum atomic E-state index is -3.60. The van der Waals surface area contributed by atoms with Crippen molar-refractivity contribution in [2.24, 2.45) is 23.7 Å². The van der Waals surface area contributed by atoms with Crippen LogP contribution in [0, 0.1) is 23.7 Å². The molecule has 6 nitrogen and oxygen atoms in total. The first kappa shape index (κ1) is 20.6. The molecule has 1 aliphatic heterocycles. The highest BCUT2D eigenvalue weighted by Gasteiger charge is 2.51. The smallest absolute Gasteiger partial charge is 0.315 e. The number of urea groups is 1. The Hall–Kier alpha value is -1.31. The van der Waals surface area contributed by atoms with Crippen LogP contribution in [0.2, 0.25) is 5.02 Å². The molecule has 1 heterocycles. The molecule has 30 heavy (non-hydrogen) atoms. The monoisotopic (exact) mass is 451 g/mol. The van der Waals surface area contributed by atoms with Gasteiger partial charge in [0, 0.05) is 25.2 Å². The van der Waals surface area contributed by atoms with Gasteiger partial charge in [0.15, 0.2) is 0 Å². The predicted molar refractivity (Wildman–Crippen MR) is 116 cm³/mol. The first-order chi connectivity index (χ1) is 14.3. The first-order valence-electron chi connectivity index (χ1n) is 11.1. The molecule has 5 fully saturated rings. The average molecular weight is 452 g/mol. The Labute approximate surface area is 183 Å². The maximum absolute atomic E-state index is 12.9. The summed E-state index contributed by atoms with van der Waals surface area (Å²) in [4.78, 5) is 12.8. The summed E-state index contributed by atoms with van der Waals surface area (Å²) >= 11 is 6.10. The van der Waals surface area contributed by atoms with E-state index in [0.717, 1.165) is 43.4 Å². The summed E-state index contributed by atoms with van der Waals surface area (Å²) in [6, 6.07) is 6.45. The Morgan fingerprint density at radius 2 is 1.73 bits per heavy atom. The Balaban J connectivity index is 1.15. The van der Waals surface area contributed by atoms with Gasteiger partial charge in [0.2, 0.25) is 10.0 Å². The van der Waals surface area contributed by atoms with Gasteiger partial charge in [-0.3, -0.25) is 0 Å². The highest BCUT2D eigenvalue weighted by molar-refractivity contribution is 7.89. The first-order valence-corrected chi connectivity index (χ1v) is 13.0. The maximum atomic E-state index is 12.9.